The van der Waals surface area contributed by atoms with Gasteiger partial charge in [0.1, 0.15) is 5.75 Å². The molecule has 3 rings (SSSR count). The fourth-order valence-electron chi connectivity index (χ4n) is 2.69. The number of cyclic esters (lactones) is 1. The molecular weight excluding hydrogens is 360 g/mol. The Balaban J connectivity index is 1.86. The van der Waals surface area contributed by atoms with E-state index in [1.807, 2.05) is 38.1 Å². The monoisotopic (exact) mass is 380 g/mol. The molecule has 0 saturated carbocycles. The van der Waals surface area contributed by atoms with Crippen LogP contribution >= 0.6 is 0 Å². The molecule has 0 saturated heterocycles. The lowest BCUT2D eigenvalue weighted by Gasteiger charge is -2.12. The number of carbonyl (C=O) groups is 1. The van der Waals surface area contributed by atoms with Crippen molar-refractivity contribution >= 4 is 23.6 Å². The molecule has 0 aliphatic carbocycles. The molecule has 7 heteroatoms. The van der Waals surface area contributed by atoms with Gasteiger partial charge in [-0.25, -0.2) is 9.79 Å². The van der Waals surface area contributed by atoms with Gasteiger partial charge < -0.3 is 9.47 Å². The number of benzene rings is 2. The first-order valence-electron chi connectivity index (χ1n) is 8.92. The molecule has 1 unspecified atom stereocenters. The van der Waals surface area contributed by atoms with E-state index in [2.05, 4.69) is 4.99 Å². The fraction of sp³-hybridized carbons (Fsp3) is 0.238. The summed E-state index contributed by atoms with van der Waals surface area (Å²) in [7, 11) is 0. The van der Waals surface area contributed by atoms with Gasteiger partial charge in [-0.2, -0.15) is 0 Å². The summed E-state index contributed by atoms with van der Waals surface area (Å²) in [6, 6.07) is 11.9. The van der Waals surface area contributed by atoms with E-state index >= 15 is 0 Å². The highest BCUT2D eigenvalue weighted by Crippen LogP contribution is 2.26. The predicted molar refractivity (Wildman–Crippen MR) is 105 cm³/mol. The molecule has 0 bridgehead atoms. The van der Waals surface area contributed by atoms with E-state index in [-0.39, 0.29) is 23.4 Å². The number of carbonyl (C=O) groups excluding carboxylic acids is 1. The van der Waals surface area contributed by atoms with E-state index in [1.54, 1.807) is 19.1 Å². The molecule has 1 atom stereocenters. The van der Waals surface area contributed by atoms with Crippen molar-refractivity contribution in [3.63, 3.8) is 0 Å². The summed E-state index contributed by atoms with van der Waals surface area (Å²) >= 11 is 0. The smallest absolute Gasteiger partial charge is 0.363 e. The standard InChI is InChI=1S/C21H20N2O5/c1-4-13(2)27-16-10-8-15(9-11-16)12-18-21(24)28-20(22-18)17-6-5-7-19(14(17)3)23(25)26/h5-13H,4H2,1-3H3/b18-12-. The molecule has 0 spiro atoms. The van der Waals surface area contributed by atoms with Crippen LogP contribution in [0.3, 0.4) is 0 Å². The zero-order valence-corrected chi connectivity index (χ0v) is 15.8. The number of nitrogens with zero attached hydrogens (tertiary/aromatic N) is 2. The van der Waals surface area contributed by atoms with Crippen molar-refractivity contribution in [1.29, 1.82) is 0 Å². The maximum atomic E-state index is 12.2. The molecule has 2 aromatic rings. The number of hydrogen-bond donors (Lipinski definition) is 0. The molecule has 2 aromatic carbocycles. The summed E-state index contributed by atoms with van der Waals surface area (Å²) in [5.74, 6) is 0.219. The Kier molecular flexibility index (Phi) is 5.54. The number of hydrogen-bond acceptors (Lipinski definition) is 6. The average molecular weight is 380 g/mol. The van der Waals surface area contributed by atoms with Gasteiger partial charge in [0.15, 0.2) is 5.70 Å². The van der Waals surface area contributed by atoms with E-state index in [0.29, 0.717) is 11.1 Å². The van der Waals surface area contributed by atoms with Crippen LogP contribution in [-0.2, 0) is 9.53 Å². The maximum absolute atomic E-state index is 12.2. The van der Waals surface area contributed by atoms with Gasteiger partial charge in [0.05, 0.1) is 11.0 Å². The highest BCUT2D eigenvalue weighted by atomic mass is 16.6. The van der Waals surface area contributed by atoms with E-state index < -0.39 is 10.9 Å². The molecule has 1 heterocycles. The molecule has 7 nitrogen and oxygen atoms in total. The number of nitro benzene ring substituents is 1. The molecular formula is C21H20N2O5. The Morgan fingerprint density at radius 1 is 1.25 bits per heavy atom. The van der Waals surface area contributed by atoms with Crippen molar-refractivity contribution in [3.05, 3.63) is 75.0 Å². The molecule has 28 heavy (non-hydrogen) atoms. The number of nitro groups is 1. The summed E-state index contributed by atoms with van der Waals surface area (Å²) < 4.78 is 11.0. The first kappa shape index (κ1) is 19.3. The molecule has 0 aromatic heterocycles. The van der Waals surface area contributed by atoms with Crippen molar-refractivity contribution in [2.75, 3.05) is 0 Å². The van der Waals surface area contributed by atoms with Crippen molar-refractivity contribution in [2.24, 2.45) is 4.99 Å². The summed E-state index contributed by atoms with van der Waals surface area (Å²) in [4.78, 5) is 27.0. The second-order valence-corrected chi connectivity index (χ2v) is 6.45. The molecule has 0 radical (unpaired) electrons. The van der Waals surface area contributed by atoms with Gasteiger partial charge >= 0.3 is 5.97 Å². The van der Waals surface area contributed by atoms with Crippen LogP contribution in [0.25, 0.3) is 6.08 Å². The minimum atomic E-state index is -0.596. The minimum Gasteiger partial charge on any atom is -0.491 e. The highest BCUT2D eigenvalue weighted by Gasteiger charge is 2.27. The summed E-state index contributed by atoms with van der Waals surface area (Å²) in [5.41, 5.74) is 1.67. The zero-order chi connectivity index (χ0) is 20.3. The van der Waals surface area contributed by atoms with Gasteiger partial charge in [-0.3, -0.25) is 10.1 Å². The van der Waals surface area contributed by atoms with Crippen LogP contribution in [0.5, 0.6) is 5.75 Å². The van der Waals surface area contributed by atoms with Crippen molar-refractivity contribution in [1.82, 2.24) is 0 Å². The number of esters is 1. The third-order valence-electron chi connectivity index (χ3n) is 4.45. The third-order valence-corrected chi connectivity index (χ3v) is 4.45. The number of rotatable bonds is 6. The van der Waals surface area contributed by atoms with Crippen LogP contribution in [0.15, 0.2) is 53.2 Å². The van der Waals surface area contributed by atoms with Crippen LogP contribution < -0.4 is 4.74 Å². The number of ether oxygens (including phenoxy) is 2. The predicted octanol–water partition coefficient (Wildman–Crippen LogP) is 4.43. The Bertz CT molecular complexity index is 977. The summed E-state index contributed by atoms with van der Waals surface area (Å²) in [6.45, 7) is 5.64. The van der Waals surface area contributed by atoms with Gasteiger partial charge in [0.2, 0.25) is 5.90 Å². The van der Waals surface area contributed by atoms with Gasteiger partial charge in [-0.15, -0.1) is 0 Å². The van der Waals surface area contributed by atoms with Crippen LogP contribution in [0, 0.1) is 17.0 Å². The zero-order valence-electron chi connectivity index (χ0n) is 15.8. The summed E-state index contributed by atoms with van der Waals surface area (Å²) in [5, 5.41) is 11.1. The summed E-state index contributed by atoms with van der Waals surface area (Å²) in [6.07, 6.45) is 2.64. The fourth-order valence-corrected chi connectivity index (χ4v) is 2.69. The van der Waals surface area contributed by atoms with Crippen molar-refractivity contribution in [2.45, 2.75) is 33.3 Å². The number of aliphatic imine (C=N–C) groups is 1. The molecule has 0 N–H and O–H groups in total. The highest BCUT2D eigenvalue weighted by molar-refractivity contribution is 6.13. The quantitative estimate of drug-likeness (QED) is 0.320. The van der Waals surface area contributed by atoms with E-state index in [4.69, 9.17) is 9.47 Å². The topological polar surface area (TPSA) is 91.0 Å². The second kappa shape index (κ2) is 8.04. The minimum absolute atomic E-state index is 0.0504. The van der Waals surface area contributed by atoms with E-state index in [9.17, 15) is 14.9 Å². The Morgan fingerprint density at radius 2 is 1.96 bits per heavy atom. The molecule has 0 fully saturated rings. The third kappa shape index (κ3) is 4.09. The van der Waals surface area contributed by atoms with Crippen LogP contribution in [0.2, 0.25) is 0 Å². The van der Waals surface area contributed by atoms with Crippen LogP contribution in [0.4, 0.5) is 5.69 Å². The van der Waals surface area contributed by atoms with Crippen molar-refractivity contribution in [3.8, 4) is 5.75 Å². The molecule has 144 valence electrons. The molecule has 1 aliphatic rings. The Hall–Kier alpha value is -3.48. The van der Waals surface area contributed by atoms with Gasteiger partial charge in [-0.1, -0.05) is 25.1 Å². The average Bonchev–Trinajstić information content (AvgIpc) is 3.03. The SMILES string of the molecule is CCC(C)Oc1ccc(/C=C2\N=C(c3cccc([N+](=O)[O-])c3C)OC2=O)cc1. The van der Waals surface area contributed by atoms with Crippen LogP contribution in [0.1, 0.15) is 37.0 Å². The normalized spacial score (nSPS) is 15.9. The lowest BCUT2D eigenvalue weighted by Crippen LogP contribution is -2.09. The van der Waals surface area contributed by atoms with E-state index in [0.717, 1.165) is 17.7 Å². The first-order chi connectivity index (χ1) is 13.4. The second-order valence-electron chi connectivity index (χ2n) is 6.45. The molecule has 1 aliphatic heterocycles. The van der Waals surface area contributed by atoms with Crippen molar-refractivity contribution < 1.29 is 19.2 Å². The van der Waals surface area contributed by atoms with E-state index in [1.165, 1.54) is 12.1 Å². The van der Waals surface area contributed by atoms with Crippen LogP contribution in [-0.4, -0.2) is 22.9 Å². The lowest BCUT2D eigenvalue weighted by atomic mass is 10.1. The maximum Gasteiger partial charge on any atom is 0.363 e. The Morgan fingerprint density at radius 3 is 2.61 bits per heavy atom. The largest absolute Gasteiger partial charge is 0.491 e. The van der Waals surface area contributed by atoms with Gasteiger partial charge in [0.25, 0.3) is 5.69 Å². The van der Waals surface area contributed by atoms with Gasteiger partial charge in [0, 0.05) is 17.2 Å². The lowest BCUT2D eigenvalue weighted by molar-refractivity contribution is -0.385. The van der Waals surface area contributed by atoms with Gasteiger partial charge in [-0.05, 0) is 50.1 Å². The first-order valence-corrected chi connectivity index (χ1v) is 8.92. The molecule has 0 amide bonds. The Labute approximate surface area is 162 Å².